The molecule has 1 N–H and O–H groups in total. The summed E-state index contributed by atoms with van der Waals surface area (Å²) >= 11 is 0. The van der Waals surface area contributed by atoms with Crippen molar-refractivity contribution in [3.8, 4) is 5.75 Å². The first kappa shape index (κ1) is 17.7. The summed E-state index contributed by atoms with van der Waals surface area (Å²) in [6.07, 6.45) is 3.81. The van der Waals surface area contributed by atoms with Crippen LogP contribution in [0.1, 0.15) is 16.7 Å². The van der Waals surface area contributed by atoms with Crippen LogP contribution >= 0.6 is 0 Å². The van der Waals surface area contributed by atoms with Gasteiger partial charge < -0.3 is 9.84 Å². The van der Waals surface area contributed by atoms with E-state index in [2.05, 4.69) is 0 Å². The smallest absolute Gasteiger partial charge is 0.297 e. The lowest BCUT2D eigenvalue weighted by molar-refractivity contribution is 0.0645. The third-order valence-electron chi connectivity index (χ3n) is 3.95. The summed E-state index contributed by atoms with van der Waals surface area (Å²) in [6, 6.07) is 12.1. The molecule has 1 aliphatic carbocycles. The number of hydrogen-bond acceptors (Lipinski definition) is 5. The number of rotatable bonds is 7. The summed E-state index contributed by atoms with van der Waals surface area (Å²) in [5.74, 6) is 0.697. The summed E-state index contributed by atoms with van der Waals surface area (Å²) in [7, 11) is -3.89. The predicted molar refractivity (Wildman–Crippen MR) is 95.0 cm³/mol. The van der Waals surface area contributed by atoms with E-state index in [0.29, 0.717) is 5.75 Å². The van der Waals surface area contributed by atoms with Crippen LogP contribution in [0.25, 0.3) is 6.08 Å². The van der Waals surface area contributed by atoms with Crippen LogP contribution in [-0.4, -0.2) is 32.8 Å². The number of ether oxygens (including phenoxy) is 1. The highest BCUT2D eigenvalue weighted by Gasteiger charge is 2.18. The molecule has 0 bridgehead atoms. The zero-order chi connectivity index (χ0) is 17.9. The van der Waals surface area contributed by atoms with Crippen LogP contribution in [0.2, 0.25) is 0 Å². The van der Waals surface area contributed by atoms with E-state index in [-0.39, 0.29) is 18.1 Å². The van der Waals surface area contributed by atoms with E-state index in [4.69, 9.17) is 8.92 Å². The van der Waals surface area contributed by atoms with Gasteiger partial charge in [0.15, 0.2) is 0 Å². The molecule has 0 saturated heterocycles. The van der Waals surface area contributed by atoms with Crippen LogP contribution in [0.5, 0.6) is 5.75 Å². The maximum atomic E-state index is 12.1. The molecule has 3 rings (SSSR count). The van der Waals surface area contributed by atoms with Gasteiger partial charge >= 0.3 is 0 Å². The fraction of sp³-hybridized carbons (Fsp3) is 0.263. The zero-order valence-corrected chi connectivity index (χ0v) is 14.7. The third kappa shape index (κ3) is 4.28. The Labute approximate surface area is 147 Å². The Bertz CT molecular complexity index is 869. The minimum Gasteiger partial charge on any atom is -0.490 e. The van der Waals surface area contributed by atoms with E-state index < -0.39 is 16.2 Å². The molecule has 0 aliphatic heterocycles. The fourth-order valence-electron chi connectivity index (χ4n) is 2.57. The van der Waals surface area contributed by atoms with E-state index >= 15 is 0 Å². The number of benzene rings is 2. The molecule has 0 fully saturated rings. The van der Waals surface area contributed by atoms with Gasteiger partial charge in [0.05, 0.1) is 11.5 Å². The Hall–Kier alpha value is -2.15. The van der Waals surface area contributed by atoms with Crippen LogP contribution in [0.3, 0.4) is 0 Å². The van der Waals surface area contributed by atoms with E-state index in [0.717, 1.165) is 23.1 Å². The quantitative estimate of drug-likeness (QED) is 0.769. The molecule has 0 spiro atoms. The van der Waals surface area contributed by atoms with Gasteiger partial charge in [-0.1, -0.05) is 42.0 Å². The molecule has 0 saturated carbocycles. The van der Waals surface area contributed by atoms with E-state index in [1.165, 1.54) is 12.1 Å². The highest BCUT2D eigenvalue weighted by atomic mass is 32.2. The van der Waals surface area contributed by atoms with Gasteiger partial charge in [0, 0.05) is 5.56 Å². The topological polar surface area (TPSA) is 72.8 Å². The molecule has 2 aromatic rings. The van der Waals surface area contributed by atoms with Gasteiger partial charge in [-0.25, -0.2) is 0 Å². The Morgan fingerprint density at radius 2 is 1.88 bits per heavy atom. The summed E-state index contributed by atoms with van der Waals surface area (Å²) in [4.78, 5) is 0.0678. The molecular weight excluding hydrogens is 340 g/mol. The molecule has 0 radical (unpaired) electrons. The van der Waals surface area contributed by atoms with Crippen molar-refractivity contribution < 1.29 is 22.4 Å². The highest BCUT2D eigenvalue weighted by Crippen LogP contribution is 2.28. The van der Waals surface area contributed by atoms with Crippen LogP contribution in [0, 0.1) is 6.92 Å². The third-order valence-corrected chi connectivity index (χ3v) is 5.24. The summed E-state index contributed by atoms with van der Waals surface area (Å²) in [5, 5.41) is 9.98. The summed E-state index contributed by atoms with van der Waals surface area (Å²) in [5.41, 5.74) is 3.13. The van der Waals surface area contributed by atoms with Crippen LogP contribution in [0.4, 0.5) is 0 Å². The lowest BCUT2D eigenvalue weighted by Gasteiger charge is -2.15. The van der Waals surface area contributed by atoms with Gasteiger partial charge in [-0.3, -0.25) is 4.18 Å². The monoisotopic (exact) mass is 360 g/mol. The van der Waals surface area contributed by atoms with Gasteiger partial charge in [0.25, 0.3) is 10.1 Å². The molecule has 1 unspecified atom stereocenters. The Morgan fingerprint density at radius 3 is 2.64 bits per heavy atom. The minimum absolute atomic E-state index is 0.0418. The van der Waals surface area contributed by atoms with Crippen LogP contribution in [-0.2, 0) is 20.7 Å². The lowest BCUT2D eigenvalue weighted by Crippen LogP contribution is -2.25. The molecule has 1 aliphatic rings. The van der Waals surface area contributed by atoms with Crippen LogP contribution < -0.4 is 4.74 Å². The van der Waals surface area contributed by atoms with E-state index in [1.54, 1.807) is 12.1 Å². The average Bonchev–Trinajstić information content (AvgIpc) is 3.08. The molecule has 0 amide bonds. The number of aliphatic hydroxyl groups is 1. The van der Waals surface area contributed by atoms with Crippen molar-refractivity contribution >= 4 is 16.2 Å². The fourth-order valence-corrected chi connectivity index (χ4v) is 3.51. The van der Waals surface area contributed by atoms with Crippen molar-refractivity contribution in [3.05, 3.63) is 65.2 Å². The minimum atomic E-state index is -3.89. The molecule has 0 aromatic heterocycles. The second-order valence-corrected chi connectivity index (χ2v) is 7.56. The molecule has 2 aromatic carbocycles. The first-order valence-corrected chi connectivity index (χ1v) is 9.42. The highest BCUT2D eigenvalue weighted by molar-refractivity contribution is 7.86. The van der Waals surface area contributed by atoms with Crippen molar-refractivity contribution in [3.63, 3.8) is 0 Å². The average molecular weight is 360 g/mol. The Balaban J connectivity index is 1.54. The van der Waals surface area contributed by atoms with Crippen molar-refractivity contribution in [2.45, 2.75) is 24.3 Å². The molecule has 25 heavy (non-hydrogen) atoms. The molecular formula is C19H20O5S. The normalized spacial score (nSPS) is 14.3. The number of allylic oxidation sites excluding steroid dienone is 1. The molecule has 0 heterocycles. The Kier molecular flexibility index (Phi) is 5.22. The van der Waals surface area contributed by atoms with E-state index in [1.807, 2.05) is 37.3 Å². The standard InChI is InChI=1S/C19H20O5S/c1-14-8-10-17(11-9-14)25(21,22)24-13-16(20)12-23-19-7-3-5-15-4-2-6-18(15)19/h2-5,7-11,16,20H,6,12-13H2,1H3. The van der Waals surface area contributed by atoms with Gasteiger partial charge in [-0.15, -0.1) is 0 Å². The maximum Gasteiger partial charge on any atom is 0.297 e. The summed E-state index contributed by atoms with van der Waals surface area (Å²) < 4.78 is 34.7. The Morgan fingerprint density at radius 1 is 1.12 bits per heavy atom. The van der Waals surface area contributed by atoms with Crippen molar-refractivity contribution in [2.75, 3.05) is 13.2 Å². The van der Waals surface area contributed by atoms with Gasteiger partial charge in [0.1, 0.15) is 18.5 Å². The molecule has 1 atom stereocenters. The number of aryl methyl sites for hydroxylation is 1. The van der Waals surface area contributed by atoms with Crippen LogP contribution in [0.15, 0.2) is 53.4 Å². The number of fused-ring (bicyclic) bond motifs is 1. The molecule has 5 nitrogen and oxygen atoms in total. The van der Waals surface area contributed by atoms with Gasteiger partial charge in [0.2, 0.25) is 0 Å². The molecule has 132 valence electrons. The maximum absolute atomic E-state index is 12.1. The lowest BCUT2D eigenvalue weighted by atomic mass is 10.1. The zero-order valence-electron chi connectivity index (χ0n) is 13.9. The van der Waals surface area contributed by atoms with Crippen molar-refractivity contribution in [1.82, 2.24) is 0 Å². The SMILES string of the molecule is Cc1ccc(S(=O)(=O)OCC(O)COc2cccc3c2CC=C3)cc1. The number of hydrogen-bond donors (Lipinski definition) is 1. The van der Waals surface area contributed by atoms with Crippen molar-refractivity contribution in [2.24, 2.45) is 0 Å². The first-order chi connectivity index (χ1) is 12.0. The number of aliphatic hydroxyl groups excluding tert-OH is 1. The molecule has 6 heteroatoms. The predicted octanol–water partition coefficient (Wildman–Crippen LogP) is 2.71. The van der Waals surface area contributed by atoms with E-state index in [9.17, 15) is 13.5 Å². The van der Waals surface area contributed by atoms with Crippen molar-refractivity contribution in [1.29, 1.82) is 0 Å². The summed E-state index contributed by atoms with van der Waals surface area (Å²) in [6.45, 7) is 1.47. The second kappa shape index (κ2) is 7.39. The second-order valence-electron chi connectivity index (χ2n) is 5.95. The largest absolute Gasteiger partial charge is 0.490 e. The first-order valence-electron chi connectivity index (χ1n) is 8.01. The van der Waals surface area contributed by atoms with Gasteiger partial charge in [-0.05, 0) is 37.1 Å². The van der Waals surface area contributed by atoms with Gasteiger partial charge in [-0.2, -0.15) is 8.42 Å².